The quantitative estimate of drug-likeness (QED) is 0.309. The molecule has 5 rings (SSSR count). The van der Waals surface area contributed by atoms with E-state index in [9.17, 15) is 14.7 Å². The van der Waals surface area contributed by atoms with Crippen molar-refractivity contribution < 1.29 is 19.4 Å². The van der Waals surface area contributed by atoms with Gasteiger partial charge in [-0.25, -0.2) is 9.59 Å². The van der Waals surface area contributed by atoms with Crippen molar-refractivity contribution in [2.75, 3.05) is 5.32 Å². The number of carboxylic acids is 1. The van der Waals surface area contributed by atoms with Gasteiger partial charge >= 0.3 is 12.1 Å². The van der Waals surface area contributed by atoms with Crippen LogP contribution in [0.15, 0.2) is 29.8 Å². The number of carbonyl (C=O) groups is 2. The Morgan fingerprint density at radius 1 is 1.05 bits per heavy atom. The van der Waals surface area contributed by atoms with Crippen LogP contribution in [0, 0.1) is 53.3 Å². The van der Waals surface area contributed by atoms with Crippen molar-refractivity contribution in [1.29, 1.82) is 0 Å². The molecule has 4 aliphatic carbocycles. The molecule has 2 N–H and O–H groups in total. The first-order valence-electron chi connectivity index (χ1n) is 16.4. The zero-order chi connectivity index (χ0) is 29.5. The number of anilines is 1. The van der Waals surface area contributed by atoms with E-state index in [0.717, 1.165) is 54.8 Å². The lowest BCUT2D eigenvalue weighted by molar-refractivity contribution is -0.0577. The number of ether oxygens (including phenoxy) is 1. The molecule has 5 heteroatoms. The summed E-state index contributed by atoms with van der Waals surface area (Å²) in [5.74, 6) is 3.96. The Bertz CT molecular complexity index is 1170. The van der Waals surface area contributed by atoms with E-state index in [-0.39, 0.29) is 17.1 Å². The van der Waals surface area contributed by atoms with E-state index < -0.39 is 12.1 Å². The smallest absolute Gasteiger partial charge is 0.411 e. The predicted molar refractivity (Wildman–Crippen MR) is 165 cm³/mol. The fourth-order valence-corrected chi connectivity index (χ4v) is 10.0. The van der Waals surface area contributed by atoms with Gasteiger partial charge in [0, 0.05) is 12.1 Å². The van der Waals surface area contributed by atoms with Gasteiger partial charge in [0.1, 0.15) is 6.10 Å². The molecular formula is C36H53NO4. The average molecular weight is 564 g/mol. The number of amides is 1. The minimum absolute atomic E-state index is 0.110. The molecule has 8 atom stereocenters. The van der Waals surface area contributed by atoms with Crippen LogP contribution in [0.25, 0.3) is 0 Å². The summed E-state index contributed by atoms with van der Waals surface area (Å²) in [5.41, 5.74) is 3.66. The highest BCUT2D eigenvalue weighted by atomic mass is 16.6. The summed E-state index contributed by atoms with van der Waals surface area (Å²) in [6.45, 7) is 14.2. The number of nitrogens with one attached hydrogen (secondary N) is 1. The number of aryl methyl sites for hydroxylation is 1. The molecule has 0 aromatic heterocycles. The number of allylic oxidation sites excluding steroid dienone is 1. The maximum Gasteiger partial charge on any atom is 0.411 e. The van der Waals surface area contributed by atoms with Crippen LogP contribution in [0.2, 0.25) is 0 Å². The summed E-state index contributed by atoms with van der Waals surface area (Å²) in [6, 6.07) is 4.83. The summed E-state index contributed by atoms with van der Waals surface area (Å²) in [6.07, 6.45) is 15.7. The summed E-state index contributed by atoms with van der Waals surface area (Å²) in [7, 11) is 0. The molecule has 0 bridgehead atoms. The molecule has 0 saturated heterocycles. The normalized spacial score (nSPS) is 35.1. The van der Waals surface area contributed by atoms with Crippen molar-refractivity contribution in [3.8, 4) is 0 Å². The van der Waals surface area contributed by atoms with Crippen LogP contribution in [-0.4, -0.2) is 23.3 Å². The Morgan fingerprint density at radius 3 is 2.54 bits per heavy atom. The second kappa shape index (κ2) is 11.8. The van der Waals surface area contributed by atoms with E-state index in [1.807, 2.05) is 0 Å². The SMILES string of the molecule is Cc1cc(NC(=O)O[C@H]2CC[C@@]3(C)C(=CC[C@H]4[C@@H]5CC[C@H]([C@H](C)CCCC(C)C)[C@@]5(C)CC[C@@H]43)C2)ccc1C(=O)O. The number of hydrogen-bond acceptors (Lipinski definition) is 3. The molecule has 3 fully saturated rings. The number of fused-ring (bicyclic) bond motifs is 5. The standard InChI is InChI=1S/C36H53NO4/c1-22(2)8-7-9-23(3)30-14-15-31-29-12-10-25-21-27(16-18-35(25,5)32(29)17-19-36(30,31)6)41-34(40)37-26-11-13-28(33(38)39)24(4)20-26/h10-11,13,20,22-23,27,29-32H,7-9,12,14-19,21H2,1-6H3,(H,37,40)(H,38,39)/t23-,27+,29+,30-,31+,32+,35+,36-/m1/s1. The molecular weight excluding hydrogens is 510 g/mol. The molecule has 0 heterocycles. The Hall–Kier alpha value is -2.30. The Kier molecular flexibility index (Phi) is 8.66. The zero-order valence-corrected chi connectivity index (χ0v) is 26.3. The summed E-state index contributed by atoms with van der Waals surface area (Å²) >= 11 is 0. The van der Waals surface area contributed by atoms with Gasteiger partial charge in [0.2, 0.25) is 0 Å². The van der Waals surface area contributed by atoms with Gasteiger partial charge in [0.25, 0.3) is 0 Å². The second-order valence-electron chi connectivity index (χ2n) is 15.0. The molecule has 1 aromatic carbocycles. The maximum atomic E-state index is 12.8. The van der Waals surface area contributed by atoms with Crippen LogP contribution < -0.4 is 5.32 Å². The third kappa shape index (κ3) is 5.84. The highest BCUT2D eigenvalue weighted by Gasteiger charge is 2.59. The number of benzene rings is 1. The molecule has 0 radical (unpaired) electrons. The van der Waals surface area contributed by atoms with Gasteiger partial charge in [0.05, 0.1) is 5.56 Å². The van der Waals surface area contributed by atoms with Crippen molar-refractivity contribution in [2.45, 2.75) is 118 Å². The molecule has 4 aliphatic rings. The van der Waals surface area contributed by atoms with Gasteiger partial charge in [-0.2, -0.15) is 0 Å². The Labute approximate surface area is 247 Å². The zero-order valence-electron chi connectivity index (χ0n) is 26.3. The van der Waals surface area contributed by atoms with E-state index in [0.29, 0.717) is 16.7 Å². The van der Waals surface area contributed by atoms with Crippen molar-refractivity contribution in [3.63, 3.8) is 0 Å². The first-order valence-corrected chi connectivity index (χ1v) is 16.4. The first kappa shape index (κ1) is 30.2. The van der Waals surface area contributed by atoms with Crippen LogP contribution in [0.5, 0.6) is 0 Å². The number of carboxylic acid groups (broad SMARTS) is 1. The molecule has 226 valence electrons. The highest BCUT2D eigenvalue weighted by molar-refractivity contribution is 5.91. The average Bonchev–Trinajstić information content (AvgIpc) is 3.25. The molecule has 3 saturated carbocycles. The van der Waals surface area contributed by atoms with E-state index >= 15 is 0 Å². The molecule has 0 unspecified atom stereocenters. The van der Waals surface area contributed by atoms with Crippen LogP contribution in [-0.2, 0) is 4.74 Å². The third-order valence-electron chi connectivity index (χ3n) is 12.2. The van der Waals surface area contributed by atoms with Crippen LogP contribution in [0.1, 0.15) is 121 Å². The third-order valence-corrected chi connectivity index (χ3v) is 12.2. The highest BCUT2D eigenvalue weighted by Crippen LogP contribution is 2.67. The monoisotopic (exact) mass is 563 g/mol. The largest absolute Gasteiger partial charge is 0.478 e. The summed E-state index contributed by atoms with van der Waals surface area (Å²) in [5, 5.41) is 12.1. The molecule has 41 heavy (non-hydrogen) atoms. The Morgan fingerprint density at radius 2 is 1.83 bits per heavy atom. The van der Waals surface area contributed by atoms with E-state index in [1.54, 1.807) is 19.1 Å². The van der Waals surface area contributed by atoms with Gasteiger partial charge in [-0.1, -0.05) is 65.5 Å². The van der Waals surface area contributed by atoms with Gasteiger partial charge in [0.15, 0.2) is 0 Å². The number of aromatic carboxylic acids is 1. The van der Waals surface area contributed by atoms with Gasteiger partial charge in [-0.15, -0.1) is 0 Å². The lowest BCUT2D eigenvalue weighted by Crippen LogP contribution is -2.51. The molecule has 0 spiro atoms. The first-order chi connectivity index (χ1) is 19.4. The number of rotatable bonds is 8. The van der Waals surface area contributed by atoms with Crippen molar-refractivity contribution in [2.24, 2.45) is 46.3 Å². The molecule has 1 amide bonds. The van der Waals surface area contributed by atoms with Crippen molar-refractivity contribution in [3.05, 3.63) is 41.0 Å². The van der Waals surface area contributed by atoms with E-state index in [1.165, 1.54) is 63.0 Å². The van der Waals surface area contributed by atoms with Gasteiger partial charge in [-0.3, -0.25) is 5.32 Å². The topological polar surface area (TPSA) is 75.6 Å². The minimum atomic E-state index is -0.966. The second-order valence-corrected chi connectivity index (χ2v) is 15.0. The number of hydrogen-bond donors (Lipinski definition) is 2. The Balaban J connectivity index is 1.21. The molecule has 0 aliphatic heterocycles. The maximum absolute atomic E-state index is 12.8. The summed E-state index contributed by atoms with van der Waals surface area (Å²) in [4.78, 5) is 24.0. The van der Waals surface area contributed by atoms with E-state index in [4.69, 9.17) is 4.74 Å². The fourth-order valence-electron chi connectivity index (χ4n) is 10.0. The van der Waals surface area contributed by atoms with Crippen LogP contribution in [0.4, 0.5) is 10.5 Å². The lowest BCUT2D eigenvalue weighted by Gasteiger charge is -2.58. The fraction of sp³-hybridized carbons (Fsp3) is 0.722. The summed E-state index contributed by atoms with van der Waals surface area (Å²) < 4.78 is 5.91. The van der Waals surface area contributed by atoms with Crippen LogP contribution >= 0.6 is 0 Å². The molecule has 1 aromatic rings. The predicted octanol–water partition coefficient (Wildman–Crippen LogP) is 9.65. The minimum Gasteiger partial charge on any atom is -0.478 e. The van der Waals surface area contributed by atoms with Gasteiger partial charge < -0.3 is 9.84 Å². The van der Waals surface area contributed by atoms with E-state index in [2.05, 4.69) is 46.0 Å². The van der Waals surface area contributed by atoms with Crippen molar-refractivity contribution in [1.82, 2.24) is 0 Å². The van der Waals surface area contributed by atoms with Gasteiger partial charge in [-0.05, 0) is 122 Å². The lowest BCUT2D eigenvalue weighted by atomic mass is 9.47. The molecule has 5 nitrogen and oxygen atoms in total. The van der Waals surface area contributed by atoms with Crippen molar-refractivity contribution >= 4 is 17.7 Å². The number of carbonyl (C=O) groups excluding carboxylic acids is 1. The van der Waals surface area contributed by atoms with Crippen LogP contribution in [0.3, 0.4) is 0 Å².